The van der Waals surface area contributed by atoms with Gasteiger partial charge in [0.1, 0.15) is 18.3 Å². The van der Waals surface area contributed by atoms with Crippen LogP contribution in [-0.2, 0) is 26.2 Å². The first-order valence-electron chi connectivity index (χ1n) is 10.4. The summed E-state index contributed by atoms with van der Waals surface area (Å²) in [6, 6.07) is 12.5. The number of anilines is 1. The predicted molar refractivity (Wildman–Crippen MR) is 130 cm³/mol. The van der Waals surface area contributed by atoms with Gasteiger partial charge in [-0.2, -0.15) is 0 Å². The summed E-state index contributed by atoms with van der Waals surface area (Å²) in [5, 5.41) is 3.00. The quantitative estimate of drug-likeness (QED) is 0.546. The number of halogens is 1. The van der Waals surface area contributed by atoms with Crippen LogP contribution in [0.15, 0.2) is 48.5 Å². The fourth-order valence-electron chi connectivity index (χ4n) is 3.16. The van der Waals surface area contributed by atoms with E-state index in [1.165, 1.54) is 11.0 Å². The number of carbonyl (C=O) groups excluding carboxylic acids is 2. The van der Waals surface area contributed by atoms with Crippen molar-refractivity contribution in [2.24, 2.45) is 0 Å². The molecule has 0 aromatic heterocycles. The highest BCUT2D eigenvalue weighted by Gasteiger charge is 2.30. The minimum atomic E-state index is -3.83. The normalized spacial score (nSPS) is 12.2. The van der Waals surface area contributed by atoms with Crippen LogP contribution >= 0.6 is 11.6 Å². The Morgan fingerprint density at radius 2 is 1.67 bits per heavy atom. The molecule has 33 heavy (non-hydrogen) atoms. The summed E-state index contributed by atoms with van der Waals surface area (Å²) in [6.07, 6.45) is 1.01. The lowest BCUT2D eigenvalue weighted by Crippen LogP contribution is -2.52. The third kappa shape index (κ3) is 7.36. The zero-order valence-corrected chi connectivity index (χ0v) is 21.0. The number of sulfonamides is 1. The number of benzene rings is 2. The van der Waals surface area contributed by atoms with Crippen molar-refractivity contribution in [3.05, 3.63) is 59.1 Å². The Hall–Kier alpha value is -2.78. The molecule has 0 heterocycles. The van der Waals surface area contributed by atoms with E-state index in [4.69, 9.17) is 16.3 Å². The number of ether oxygens (including phenoxy) is 1. The van der Waals surface area contributed by atoms with Gasteiger partial charge in [0.05, 0.1) is 24.1 Å². The molecule has 1 unspecified atom stereocenters. The van der Waals surface area contributed by atoms with Crippen molar-refractivity contribution >= 4 is 39.1 Å². The Labute approximate surface area is 200 Å². The van der Waals surface area contributed by atoms with E-state index in [0.717, 1.165) is 16.1 Å². The van der Waals surface area contributed by atoms with Crippen LogP contribution in [0.25, 0.3) is 0 Å². The second kappa shape index (κ2) is 11.4. The molecule has 2 aromatic rings. The molecular formula is C23H30ClN3O5S. The van der Waals surface area contributed by atoms with Gasteiger partial charge in [-0.25, -0.2) is 8.42 Å². The lowest BCUT2D eigenvalue weighted by Gasteiger charge is -2.32. The van der Waals surface area contributed by atoms with Gasteiger partial charge < -0.3 is 15.0 Å². The summed E-state index contributed by atoms with van der Waals surface area (Å²) in [6.45, 7) is 4.86. The van der Waals surface area contributed by atoms with E-state index < -0.39 is 28.5 Å². The number of hydrogen-bond acceptors (Lipinski definition) is 5. The van der Waals surface area contributed by atoms with Gasteiger partial charge in [0.15, 0.2) is 0 Å². The average Bonchev–Trinajstić information content (AvgIpc) is 2.75. The van der Waals surface area contributed by atoms with Crippen molar-refractivity contribution in [3.63, 3.8) is 0 Å². The summed E-state index contributed by atoms with van der Waals surface area (Å²) < 4.78 is 31.2. The summed E-state index contributed by atoms with van der Waals surface area (Å²) in [5.74, 6) is -0.220. The molecule has 10 heteroatoms. The molecule has 0 fully saturated rings. The summed E-state index contributed by atoms with van der Waals surface area (Å²) >= 11 is 6.21. The number of hydrogen-bond donors (Lipinski definition) is 1. The maximum Gasteiger partial charge on any atom is 0.244 e. The second-order valence-corrected chi connectivity index (χ2v) is 10.2. The number of para-hydroxylation sites is 1. The molecule has 2 rings (SSSR count). The van der Waals surface area contributed by atoms with Crippen molar-refractivity contribution in [3.8, 4) is 5.75 Å². The molecule has 0 saturated carbocycles. The van der Waals surface area contributed by atoms with Crippen LogP contribution in [0.1, 0.15) is 26.3 Å². The van der Waals surface area contributed by atoms with Gasteiger partial charge in [-0.15, -0.1) is 0 Å². The molecule has 1 N–H and O–H groups in total. The van der Waals surface area contributed by atoms with E-state index >= 15 is 0 Å². The molecule has 0 bridgehead atoms. The molecule has 2 aromatic carbocycles. The Morgan fingerprint density at radius 3 is 2.18 bits per heavy atom. The van der Waals surface area contributed by atoms with E-state index in [-0.39, 0.29) is 29.2 Å². The largest absolute Gasteiger partial charge is 0.497 e. The minimum Gasteiger partial charge on any atom is -0.497 e. The van der Waals surface area contributed by atoms with E-state index in [2.05, 4.69) is 5.32 Å². The molecule has 0 aliphatic heterocycles. The predicted octanol–water partition coefficient (Wildman–Crippen LogP) is 3.06. The molecule has 0 aliphatic rings. The molecule has 0 radical (unpaired) electrons. The smallest absolute Gasteiger partial charge is 0.244 e. The molecule has 0 aliphatic carbocycles. The van der Waals surface area contributed by atoms with Crippen molar-refractivity contribution in [2.45, 2.75) is 39.4 Å². The van der Waals surface area contributed by atoms with Crippen molar-refractivity contribution in [1.82, 2.24) is 10.2 Å². The van der Waals surface area contributed by atoms with Crippen LogP contribution in [0.3, 0.4) is 0 Å². The SMILES string of the molecule is COc1ccc(CN(C(=O)CN(c2ccccc2Cl)S(C)(=O)=O)C(C)C(=O)NC(C)C)cc1. The molecule has 1 atom stereocenters. The van der Waals surface area contributed by atoms with Crippen molar-refractivity contribution in [1.29, 1.82) is 0 Å². The van der Waals surface area contributed by atoms with Gasteiger partial charge in [0.25, 0.3) is 0 Å². The van der Waals surface area contributed by atoms with Crippen LogP contribution in [0.2, 0.25) is 5.02 Å². The molecule has 2 amide bonds. The number of nitrogens with one attached hydrogen (secondary N) is 1. The fraction of sp³-hybridized carbons (Fsp3) is 0.391. The van der Waals surface area contributed by atoms with Crippen molar-refractivity contribution < 1.29 is 22.7 Å². The molecule has 8 nitrogen and oxygen atoms in total. The summed E-state index contributed by atoms with van der Waals surface area (Å²) in [4.78, 5) is 27.5. The Bertz CT molecular complexity index is 1070. The van der Waals surface area contributed by atoms with Gasteiger partial charge in [-0.1, -0.05) is 35.9 Å². The first-order valence-corrected chi connectivity index (χ1v) is 12.6. The van der Waals surface area contributed by atoms with Crippen LogP contribution < -0.4 is 14.4 Å². The zero-order valence-electron chi connectivity index (χ0n) is 19.4. The third-order valence-electron chi connectivity index (χ3n) is 4.91. The number of nitrogens with zero attached hydrogens (tertiary/aromatic N) is 2. The van der Waals surface area contributed by atoms with Crippen LogP contribution in [0.5, 0.6) is 5.75 Å². The topological polar surface area (TPSA) is 96.0 Å². The number of amides is 2. The lowest BCUT2D eigenvalue weighted by molar-refractivity contribution is -0.139. The van der Waals surface area contributed by atoms with Crippen molar-refractivity contribution in [2.75, 3.05) is 24.2 Å². The highest BCUT2D eigenvalue weighted by molar-refractivity contribution is 7.92. The number of carbonyl (C=O) groups is 2. The highest BCUT2D eigenvalue weighted by Crippen LogP contribution is 2.27. The van der Waals surface area contributed by atoms with Crippen LogP contribution in [0.4, 0.5) is 5.69 Å². The number of methoxy groups -OCH3 is 1. The van der Waals surface area contributed by atoms with E-state index in [1.807, 2.05) is 13.8 Å². The Kier molecular flexibility index (Phi) is 9.13. The molecular weight excluding hydrogens is 466 g/mol. The van der Waals surface area contributed by atoms with Gasteiger partial charge in [0, 0.05) is 12.6 Å². The Morgan fingerprint density at radius 1 is 1.06 bits per heavy atom. The van der Waals surface area contributed by atoms with E-state index in [0.29, 0.717) is 5.75 Å². The Balaban J connectivity index is 2.39. The third-order valence-corrected chi connectivity index (χ3v) is 6.36. The maximum absolute atomic E-state index is 13.4. The first kappa shape index (κ1) is 26.5. The average molecular weight is 496 g/mol. The monoisotopic (exact) mass is 495 g/mol. The lowest BCUT2D eigenvalue weighted by atomic mass is 10.1. The van der Waals surface area contributed by atoms with Gasteiger partial charge >= 0.3 is 0 Å². The number of rotatable bonds is 10. The second-order valence-electron chi connectivity index (χ2n) is 7.93. The van der Waals surface area contributed by atoms with Crippen LogP contribution in [-0.4, -0.2) is 57.1 Å². The van der Waals surface area contributed by atoms with Gasteiger partial charge in [-0.05, 0) is 50.6 Å². The van der Waals surface area contributed by atoms with Gasteiger partial charge in [-0.3, -0.25) is 13.9 Å². The van der Waals surface area contributed by atoms with Gasteiger partial charge in [0.2, 0.25) is 21.8 Å². The molecule has 0 saturated heterocycles. The zero-order chi connectivity index (χ0) is 24.8. The fourth-order valence-corrected chi connectivity index (χ4v) is 4.31. The standard InChI is InChI=1S/C23H30ClN3O5S/c1-16(2)25-23(29)17(3)26(14-18-10-12-19(32-4)13-11-18)22(28)15-27(33(5,30)31)21-9-7-6-8-20(21)24/h6-13,16-17H,14-15H2,1-5H3,(H,25,29). The van der Waals surface area contributed by atoms with E-state index in [9.17, 15) is 18.0 Å². The minimum absolute atomic E-state index is 0.107. The summed E-state index contributed by atoms with van der Waals surface area (Å²) in [7, 11) is -2.28. The molecule has 0 spiro atoms. The first-order chi connectivity index (χ1) is 15.4. The maximum atomic E-state index is 13.4. The van der Waals surface area contributed by atoms with E-state index in [1.54, 1.807) is 56.5 Å². The molecule has 180 valence electrons. The summed E-state index contributed by atoms with van der Waals surface area (Å²) in [5.41, 5.74) is 0.954. The highest BCUT2D eigenvalue weighted by atomic mass is 35.5. The van der Waals surface area contributed by atoms with Crippen LogP contribution in [0, 0.1) is 0 Å².